The third-order valence-electron chi connectivity index (χ3n) is 1.75. The predicted octanol–water partition coefficient (Wildman–Crippen LogP) is -0.810. The van der Waals surface area contributed by atoms with Crippen molar-refractivity contribution in [3.8, 4) is 5.75 Å². The highest BCUT2D eigenvalue weighted by molar-refractivity contribution is 6.58. The first-order chi connectivity index (χ1) is 5.77. The molecule has 4 nitrogen and oxygen atoms in total. The van der Waals surface area contributed by atoms with E-state index in [-0.39, 0.29) is 0 Å². The van der Waals surface area contributed by atoms with Crippen molar-refractivity contribution in [1.29, 1.82) is 0 Å². The lowest BCUT2D eigenvalue weighted by Crippen LogP contribution is -2.29. The summed E-state index contributed by atoms with van der Waals surface area (Å²) in [5.41, 5.74) is 1.32. The Morgan fingerprint density at radius 1 is 1.33 bits per heavy atom. The van der Waals surface area contributed by atoms with E-state index >= 15 is 0 Å². The predicted molar refractivity (Wildman–Crippen MR) is 41.7 cm³/mol. The van der Waals surface area contributed by atoms with Gasteiger partial charge in [-0.3, -0.25) is 0 Å². The second-order valence-corrected chi connectivity index (χ2v) is 2.59. The minimum absolute atomic E-state index is 0.402. The normalized spacial score (nSPS) is 13.8. The topological polar surface area (TPSA) is 58.9 Å². The second-order valence-electron chi connectivity index (χ2n) is 2.59. The maximum atomic E-state index is 8.81. The highest BCUT2D eigenvalue weighted by Gasteiger charge is 2.18. The minimum atomic E-state index is -1.46. The molecule has 0 bridgehead atoms. The monoisotopic (exact) mass is 166 g/mol. The summed E-state index contributed by atoms with van der Waals surface area (Å²) in [5.74, 6) is 0.556. The van der Waals surface area contributed by atoms with Crippen LogP contribution in [0, 0.1) is 0 Å². The van der Waals surface area contributed by atoms with E-state index in [9.17, 15) is 0 Å². The summed E-state index contributed by atoms with van der Waals surface area (Å²) < 4.78 is 0. The Balaban J connectivity index is 2.39. The van der Waals surface area contributed by atoms with Gasteiger partial charge >= 0.3 is 7.12 Å². The Morgan fingerprint density at radius 2 is 2.17 bits per heavy atom. The largest absolute Gasteiger partial charge is 0.488 e. The molecule has 0 radical (unpaired) electrons. The van der Waals surface area contributed by atoms with Crippen LogP contribution >= 0.6 is 0 Å². The van der Waals surface area contributed by atoms with Crippen LogP contribution in [0.25, 0.3) is 0 Å². The third-order valence-corrected chi connectivity index (χ3v) is 1.75. The molecular weight excluding hydrogens is 159 g/mol. The SMILES string of the molecule is OB(O)c1ccc2c(c1)OOC2. The molecule has 2 N–H and O–H groups in total. The maximum absolute atomic E-state index is 8.81. The molecule has 0 saturated carbocycles. The van der Waals surface area contributed by atoms with Crippen molar-refractivity contribution in [3.05, 3.63) is 23.8 Å². The molecule has 0 atom stereocenters. The van der Waals surface area contributed by atoms with Crippen molar-refractivity contribution in [3.63, 3.8) is 0 Å². The van der Waals surface area contributed by atoms with Gasteiger partial charge in [0.15, 0.2) is 5.75 Å². The molecule has 1 aliphatic heterocycles. The van der Waals surface area contributed by atoms with Gasteiger partial charge in [-0.05, 0) is 11.5 Å². The average Bonchev–Trinajstić information content (AvgIpc) is 2.49. The van der Waals surface area contributed by atoms with E-state index in [0.717, 1.165) is 5.56 Å². The summed E-state index contributed by atoms with van der Waals surface area (Å²) in [5, 5.41) is 17.6. The molecule has 0 unspecified atom stereocenters. The number of benzene rings is 1. The van der Waals surface area contributed by atoms with E-state index in [1.165, 1.54) is 0 Å². The highest BCUT2D eigenvalue weighted by Crippen LogP contribution is 2.23. The van der Waals surface area contributed by atoms with E-state index in [1.807, 2.05) is 0 Å². The number of hydrogen-bond acceptors (Lipinski definition) is 4. The fourth-order valence-corrected chi connectivity index (χ4v) is 1.08. The summed E-state index contributed by atoms with van der Waals surface area (Å²) in [6.45, 7) is 0.414. The van der Waals surface area contributed by atoms with Crippen molar-refractivity contribution >= 4 is 12.6 Å². The Kier molecular flexibility index (Phi) is 1.76. The fraction of sp³-hybridized carbons (Fsp3) is 0.143. The molecule has 1 aliphatic rings. The summed E-state index contributed by atoms with van der Waals surface area (Å²) in [4.78, 5) is 9.45. The fourth-order valence-electron chi connectivity index (χ4n) is 1.08. The van der Waals surface area contributed by atoms with Crippen LogP contribution in [-0.4, -0.2) is 17.2 Å². The molecule has 0 fully saturated rings. The maximum Gasteiger partial charge on any atom is 0.488 e. The van der Waals surface area contributed by atoms with Crippen LogP contribution in [0.3, 0.4) is 0 Å². The van der Waals surface area contributed by atoms with Crippen molar-refractivity contribution in [2.45, 2.75) is 6.61 Å². The lowest BCUT2D eigenvalue weighted by molar-refractivity contribution is -0.194. The molecule has 0 aliphatic carbocycles. The summed E-state index contributed by atoms with van der Waals surface area (Å²) >= 11 is 0. The molecule has 1 aromatic rings. The molecule has 1 aromatic carbocycles. The molecular formula is C7H7BO4. The molecule has 2 rings (SSSR count). The van der Waals surface area contributed by atoms with Crippen LogP contribution in [0.15, 0.2) is 18.2 Å². The van der Waals surface area contributed by atoms with Gasteiger partial charge in [0.05, 0.1) is 0 Å². The van der Waals surface area contributed by atoms with Crippen molar-refractivity contribution in [1.82, 2.24) is 0 Å². The zero-order valence-corrected chi connectivity index (χ0v) is 6.23. The summed E-state index contributed by atoms with van der Waals surface area (Å²) in [7, 11) is -1.46. The van der Waals surface area contributed by atoms with Crippen molar-refractivity contribution < 1.29 is 19.8 Å². The van der Waals surface area contributed by atoms with Crippen molar-refractivity contribution in [2.24, 2.45) is 0 Å². The Bertz CT molecular complexity index is 299. The first-order valence-electron chi connectivity index (χ1n) is 3.56. The zero-order valence-electron chi connectivity index (χ0n) is 6.23. The molecule has 0 saturated heterocycles. The molecule has 0 spiro atoms. The number of rotatable bonds is 1. The van der Waals surface area contributed by atoms with Crippen LogP contribution in [0.1, 0.15) is 5.56 Å². The molecule has 0 aromatic heterocycles. The standard InChI is InChI=1S/C7H7BO4/c9-8(10)6-2-1-5-4-11-12-7(5)3-6/h1-3,9-10H,4H2. The molecule has 12 heavy (non-hydrogen) atoms. The first kappa shape index (κ1) is 7.61. The average molecular weight is 166 g/mol. The van der Waals surface area contributed by atoms with Crippen LogP contribution in [0.5, 0.6) is 5.75 Å². The smallest absolute Gasteiger partial charge is 0.423 e. The van der Waals surface area contributed by atoms with Gasteiger partial charge in [-0.25, -0.2) is 0 Å². The van der Waals surface area contributed by atoms with Crippen LogP contribution in [-0.2, 0) is 11.5 Å². The van der Waals surface area contributed by atoms with Crippen LogP contribution in [0.4, 0.5) is 0 Å². The molecule has 1 heterocycles. The van der Waals surface area contributed by atoms with E-state index in [0.29, 0.717) is 17.8 Å². The minimum Gasteiger partial charge on any atom is -0.423 e. The quantitative estimate of drug-likeness (QED) is 0.423. The number of hydrogen-bond donors (Lipinski definition) is 2. The molecule has 62 valence electrons. The highest BCUT2D eigenvalue weighted by atomic mass is 17.2. The van der Waals surface area contributed by atoms with Gasteiger partial charge in [-0.1, -0.05) is 12.1 Å². The van der Waals surface area contributed by atoms with E-state index in [1.54, 1.807) is 18.2 Å². The number of fused-ring (bicyclic) bond motifs is 1. The molecule has 0 amide bonds. The Morgan fingerprint density at radius 3 is 2.92 bits per heavy atom. The second kappa shape index (κ2) is 2.78. The third kappa shape index (κ3) is 1.18. The summed E-state index contributed by atoms with van der Waals surface area (Å²) in [6.07, 6.45) is 0. The van der Waals surface area contributed by atoms with Crippen LogP contribution in [0.2, 0.25) is 0 Å². The first-order valence-corrected chi connectivity index (χ1v) is 3.56. The van der Waals surface area contributed by atoms with E-state index in [2.05, 4.69) is 4.89 Å². The lowest BCUT2D eigenvalue weighted by atomic mass is 9.80. The van der Waals surface area contributed by atoms with Gasteiger partial charge < -0.3 is 14.9 Å². The van der Waals surface area contributed by atoms with Gasteiger partial charge in [0, 0.05) is 5.56 Å². The van der Waals surface area contributed by atoms with Gasteiger partial charge in [-0.2, -0.15) is 4.89 Å². The van der Waals surface area contributed by atoms with Gasteiger partial charge in [-0.15, -0.1) is 0 Å². The van der Waals surface area contributed by atoms with Gasteiger partial charge in [0.2, 0.25) is 0 Å². The van der Waals surface area contributed by atoms with Gasteiger partial charge in [0.1, 0.15) is 6.61 Å². The lowest BCUT2D eigenvalue weighted by Gasteiger charge is -1.99. The van der Waals surface area contributed by atoms with E-state index in [4.69, 9.17) is 14.9 Å². The summed E-state index contributed by atoms with van der Waals surface area (Å²) in [6, 6.07) is 4.92. The Labute approximate surface area is 69.4 Å². The zero-order chi connectivity index (χ0) is 8.55. The molecule has 5 heteroatoms. The van der Waals surface area contributed by atoms with Crippen LogP contribution < -0.4 is 10.4 Å². The van der Waals surface area contributed by atoms with Crippen molar-refractivity contribution in [2.75, 3.05) is 0 Å². The Hall–Kier alpha value is -1.04. The van der Waals surface area contributed by atoms with E-state index < -0.39 is 7.12 Å². The van der Waals surface area contributed by atoms with Gasteiger partial charge in [0.25, 0.3) is 0 Å².